The molecule has 1 aliphatic heterocycles. The van der Waals surface area contributed by atoms with Crippen LogP contribution in [0.15, 0.2) is 23.8 Å². The van der Waals surface area contributed by atoms with E-state index in [9.17, 15) is 14.7 Å². The largest absolute Gasteiger partial charge is 0.478 e. The van der Waals surface area contributed by atoms with E-state index in [4.69, 9.17) is 0 Å². The zero-order valence-electron chi connectivity index (χ0n) is 12.2. The molecule has 0 bridgehead atoms. The molecule has 0 saturated carbocycles. The quantitative estimate of drug-likeness (QED) is 0.882. The van der Waals surface area contributed by atoms with Gasteiger partial charge >= 0.3 is 5.97 Å². The Bertz CT molecular complexity index is 664. The van der Waals surface area contributed by atoms with Crippen LogP contribution in [0.3, 0.4) is 0 Å². The molecule has 1 atom stereocenters. The fourth-order valence-electron chi connectivity index (χ4n) is 1.99. The van der Waals surface area contributed by atoms with Crippen LogP contribution < -0.4 is 5.32 Å². The highest BCUT2D eigenvalue weighted by molar-refractivity contribution is 6.17. The van der Waals surface area contributed by atoms with Gasteiger partial charge in [-0.2, -0.15) is 0 Å². The van der Waals surface area contributed by atoms with Gasteiger partial charge in [-0.05, 0) is 24.5 Å². The van der Waals surface area contributed by atoms with Gasteiger partial charge in [0, 0.05) is 6.20 Å². The van der Waals surface area contributed by atoms with Crippen molar-refractivity contribution in [3.63, 3.8) is 0 Å². The number of aliphatic imine (C=N–C) groups is 1. The van der Waals surface area contributed by atoms with Crippen LogP contribution in [-0.4, -0.2) is 33.3 Å². The van der Waals surface area contributed by atoms with E-state index in [0.29, 0.717) is 5.56 Å². The van der Waals surface area contributed by atoms with E-state index in [0.717, 1.165) is 0 Å². The molecule has 6 heteroatoms. The predicted molar refractivity (Wildman–Crippen MR) is 79.2 cm³/mol. The van der Waals surface area contributed by atoms with Gasteiger partial charge in [0.1, 0.15) is 11.2 Å². The predicted octanol–water partition coefficient (Wildman–Crippen LogP) is 1.71. The molecule has 0 spiro atoms. The van der Waals surface area contributed by atoms with Crippen molar-refractivity contribution >= 4 is 23.8 Å². The van der Waals surface area contributed by atoms with E-state index in [2.05, 4.69) is 21.9 Å². The van der Waals surface area contributed by atoms with Crippen LogP contribution in [0.1, 0.15) is 42.4 Å². The molecular weight excluding hydrogens is 270 g/mol. The Morgan fingerprint density at radius 3 is 2.67 bits per heavy atom. The lowest BCUT2D eigenvalue weighted by Gasteiger charge is -2.21. The molecule has 2 N–H and O–H groups in total. The molecule has 0 fully saturated rings. The number of aromatic carboxylic acids is 1. The molecule has 1 aliphatic rings. The van der Waals surface area contributed by atoms with Crippen LogP contribution in [0.5, 0.6) is 0 Å². The topological polar surface area (TPSA) is 91.7 Å². The van der Waals surface area contributed by atoms with Crippen molar-refractivity contribution in [2.75, 3.05) is 0 Å². The summed E-state index contributed by atoms with van der Waals surface area (Å²) < 4.78 is 0. The molecule has 0 aliphatic carbocycles. The third-order valence-corrected chi connectivity index (χ3v) is 3.76. The van der Waals surface area contributed by atoms with Crippen LogP contribution in [0.4, 0.5) is 0 Å². The normalized spacial score (nSPS) is 21.1. The molecule has 6 nitrogen and oxygen atoms in total. The number of carboxylic acid groups (broad SMARTS) is 1. The minimum Gasteiger partial charge on any atom is -0.478 e. The van der Waals surface area contributed by atoms with Crippen molar-refractivity contribution in [1.29, 1.82) is 0 Å². The summed E-state index contributed by atoms with van der Waals surface area (Å²) in [6, 6.07) is 1.46. The third kappa shape index (κ3) is 2.44. The molecule has 0 radical (unpaired) electrons. The molecule has 2 heterocycles. The Hall–Kier alpha value is -2.50. The van der Waals surface area contributed by atoms with Gasteiger partial charge in [-0.1, -0.05) is 26.5 Å². The molecular formula is C15H17N3O3. The van der Waals surface area contributed by atoms with Crippen molar-refractivity contribution in [1.82, 2.24) is 10.3 Å². The molecule has 1 unspecified atom stereocenters. The SMILES string of the molecule is C=Cc1cnc(C2=NC(C)(C(C)C)C(=O)N2)c(C(=O)O)c1. The number of nitrogens with zero attached hydrogens (tertiary/aromatic N) is 2. The maximum atomic E-state index is 12.1. The Morgan fingerprint density at radius 1 is 1.52 bits per heavy atom. The van der Waals surface area contributed by atoms with Crippen molar-refractivity contribution in [2.45, 2.75) is 26.3 Å². The van der Waals surface area contributed by atoms with E-state index in [-0.39, 0.29) is 28.9 Å². The standard InChI is InChI=1S/C15H17N3O3/c1-5-9-6-10(13(19)20)11(16-7-9)12-17-14(21)15(4,18-12)8(2)3/h5-8H,1H2,2-4H3,(H,19,20)(H,17,18,21). The summed E-state index contributed by atoms with van der Waals surface area (Å²) in [5.74, 6) is -1.20. The van der Waals surface area contributed by atoms with Crippen molar-refractivity contribution in [3.8, 4) is 0 Å². The molecule has 21 heavy (non-hydrogen) atoms. The third-order valence-electron chi connectivity index (χ3n) is 3.76. The van der Waals surface area contributed by atoms with Crippen LogP contribution in [-0.2, 0) is 4.79 Å². The Morgan fingerprint density at radius 2 is 2.19 bits per heavy atom. The number of nitrogens with one attached hydrogen (secondary N) is 1. The molecule has 110 valence electrons. The second kappa shape index (κ2) is 5.12. The first-order valence-electron chi connectivity index (χ1n) is 6.57. The summed E-state index contributed by atoms with van der Waals surface area (Å²) in [4.78, 5) is 32.0. The summed E-state index contributed by atoms with van der Waals surface area (Å²) in [6.07, 6.45) is 3.00. The van der Waals surface area contributed by atoms with Crippen LogP contribution in [0.2, 0.25) is 0 Å². The second-order valence-electron chi connectivity index (χ2n) is 5.39. The monoisotopic (exact) mass is 287 g/mol. The number of hydrogen-bond donors (Lipinski definition) is 2. The lowest BCUT2D eigenvalue weighted by Crippen LogP contribution is -2.41. The number of rotatable bonds is 4. The van der Waals surface area contributed by atoms with E-state index in [1.54, 1.807) is 6.92 Å². The molecule has 1 aromatic rings. The van der Waals surface area contributed by atoms with Crippen molar-refractivity contribution < 1.29 is 14.7 Å². The smallest absolute Gasteiger partial charge is 0.338 e. The van der Waals surface area contributed by atoms with Crippen LogP contribution in [0.25, 0.3) is 6.08 Å². The first kappa shape index (κ1) is 14.9. The van der Waals surface area contributed by atoms with Crippen LogP contribution in [0, 0.1) is 5.92 Å². The number of hydrogen-bond acceptors (Lipinski definition) is 4. The van der Waals surface area contributed by atoms with Crippen molar-refractivity contribution in [3.05, 3.63) is 35.7 Å². The molecule has 2 rings (SSSR count). The minimum atomic E-state index is -1.13. The Labute approximate surface area is 122 Å². The fourth-order valence-corrected chi connectivity index (χ4v) is 1.99. The number of carbonyl (C=O) groups is 2. The van der Waals surface area contributed by atoms with Gasteiger partial charge in [-0.3, -0.25) is 9.78 Å². The summed E-state index contributed by atoms with van der Waals surface area (Å²) in [5.41, 5.74) is -0.179. The maximum absolute atomic E-state index is 12.1. The van der Waals surface area contributed by atoms with Gasteiger partial charge in [0.25, 0.3) is 5.91 Å². The average molecular weight is 287 g/mol. The van der Waals surface area contributed by atoms with E-state index in [1.165, 1.54) is 18.3 Å². The van der Waals surface area contributed by atoms with Crippen molar-refractivity contribution in [2.24, 2.45) is 10.9 Å². The Kier molecular flexibility index (Phi) is 3.63. The molecule has 0 saturated heterocycles. The fraction of sp³-hybridized carbons (Fsp3) is 0.333. The van der Waals surface area contributed by atoms with Gasteiger partial charge in [0.15, 0.2) is 5.84 Å². The summed E-state index contributed by atoms with van der Waals surface area (Å²) in [6.45, 7) is 9.08. The summed E-state index contributed by atoms with van der Waals surface area (Å²) in [7, 11) is 0. The number of carbonyl (C=O) groups excluding carboxylic acids is 1. The maximum Gasteiger partial charge on any atom is 0.338 e. The molecule has 1 aromatic heterocycles. The summed E-state index contributed by atoms with van der Waals surface area (Å²) >= 11 is 0. The zero-order valence-corrected chi connectivity index (χ0v) is 12.2. The lowest BCUT2D eigenvalue weighted by atomic mass is 9.89. The number of amidine groups is 1. The first-order valence-corrected chi connectivity index (χ1v) is 6.57. The number of carboxylic acids is 1. The van der Waals surface area contributed by atoms with E-state index >= 15 is 0 Å². The average Bonchev–Trinajstić information content (AvgIpc) is 2.75. The van der Waals surface area contributed by atoms with Gasteiger partial charge < -0.3 is 10.4 Å². The second-order valence-corrected chi connectivity index (χ2v) is 5.39. The lowest BCUT2D eigenvalue weighted by molar-refractivity contribution is -0.124. The molecule has 0 aromatic carbocycles. The summed E-state index contributed by atoms with van der Waals surface area (Å²) in [5, 5.41) is 11.9. The van der Waals surface area contributed by atoms with Gasteiger partial charge in [-0.15, -0.1) is 0 Å². The zero-order chi connectivity index (χ0) is 15.8. The molecule has 1 amide bonds. The highest BCUT2D eigenvalue weighted by Gasteiger charge is 2.43. The van der Waals surface area contributed by atoms with Gasteiger partial charge in [-0.25, -0.2) is 9.79 Å². The highest BCUT2D eigenvalue weighted by Crippen LogP contribution is 2.27. The van der Waals surface area contributed by atoms with E-state index in [1.807, 2.05) is 13.8 Å². The number of pyridine rings is 1. The van der Waals surface area contributed by atoms with Gasteiger partial charge in [0.05, 0.1) is 5.56 Å². The van der Waals surface area contributed by atoms with Crippen LogP contribution >= 0.6 is 0 Å². The first-order chi connectivity index (χ1) is 9.79. The number of amides is 1. The highest BCUT2D eigenvalue weighted by atomic mass is 16.4. The Balaban J connectivity index is 2.56. The van der Waals surface area contributed by atoms with Gasteiger partial charge in [0.2, 0.25) is 0 Å². The number of aromatic nitrogens is 1. The minimum absolute atomic E-state index is 0.0144. The van der Waals surface area contributed by atoms with E-state index < -0.39 is 11.5 Å².